The third kappa shape index (κ3) is 4.97. The Hall–Kier alpha value is -2.57. The van der Waals surface area contributed by atoms with Crippen LogP contribution >= 0.6 is 0 Å². The lowest BCUT2D eigenvalue weighted by atomic mass is 9.91. The van der Waals surface area contributed by atoms with Crippen molar-refractivity contribution < 1.29 is 14.4 Å². The predicted octanol–water partition coefficient (Wildman–Crippen LogP) is 2.08. The van der Waals surface area contributed by atoms with Crippen LogP contribution in [0.25, 0.3) is 0 Å². The Morgan fingerprint density at radius 1 is 1.12 bits per heavy atom. The van der Waals surface area contributed by atoms with Gasteiger partial charge in [-0.05, 0) is 36.5 Å². The van der Waals surface area contributed by atoms with E-state index in [0.29, 0.717) is 24.9 Å². The third-order valence-corrected chi connectivity index (χ3v) is 4.72. The van der Waals surface area contributed by atoms with Gasteiger partial charge in [0.1, 0.15) is 6.04 Å². The molecule has 1 aliphatic rings. The van der Waals surface area contributed by atoms with Crippen molar-refractivity contribution in [2.45, 2.75) is 57.9 Å². The molecule has 0 fully saturated rings. The van der Waals surface area contributed by atoms with Crippen LogP contribution in [0.3, 0.4) is 0 Å². The lowest BCUT2D eigenvalue weighted by Crippen LogP contribution is -2.42. The molecule has 1 unspecified atom stereocenters. The zero-order chi connectivity index (χ0) is 19.3. The molecule has 142 valence electrons. The molecule has 26 heavy (non-hydrogen) atoms. The van der Waals surface area contributed by atoms with E-state index in [9.17, 15) is 14.4 Å². The van der Waals surface area contributed by atoms with E-state index >= 15 is 0 Å². The van der Waals surface area contributed by atoms with Crippen LogP contribution in [0.5, 0.6) is 0 Å². The number of anilines is 2. The highest BCUT2D eigenvalue weighted by molar-refractivity contribution is 6.03. The van der Waals surface area contributed by atoms with Gasteiger partial charge in [0.2, 0.25) is 17.7 Å². The van der Waals surface area contributed by atoms with Crippen LogP contribution in [-0.4, -0.2) is 23.8 Å². The number of fused-ring (bicyclic) bond motifs is 1. The smallest absolute Gasteiger partial charge is 0.247 e. The number of rotatable bonds is 9. The first-order valence-electron chi connectivity index (χ1n) is 9.08. The normalized spacial score (nSPS) is 17.2. The maximum absolute atomic E-state index is 12.2. The Labute approximate surface area is 153 Å². The van der Waals surface area contributed by atoms with E-state index in [1.54, 1.807) is 0 Å². The molecule has 0 aromatic heterocycles. The van der Waals surface area contributed by atoms with Crippen LogP contribution in [-0.2, 0) is 14.4 Å². The SMILES string of the molecule is CC(C)[C@@H]1Nc2ccc(C(CCCCCC(N)=O)C(N)=O)cc2NC1=O. The first kappa shape index (κ1) is 19.8. The van der Waals surface area contributed by atoms with Gasteiger partial charge >= 0.3 is 0 Å². The molecule has 2 rings (SSSR count). The van der Waals surface area contributed by atoms with E-state index < -0.39 is 11.8 Å². The molecule has 6 N–H and O–H groups in total. The summed E-state index contributed by atoms with van der Waals surface area (Å²) in [6.07, 6.45) is 3.25. The van der Waals surface area contributed by atoms with Gasteiger partial charge in [-0.25, -0.2) is 0 Å². The number of hydrogen-bond donors (Lipinski definition) is 4. The maximum Gasteiger partial charge on any atom is 0.247 e. The van der Waals surface area contributed by atoms with Crippen LogP contribution in [0.15, 0.2) is 18.2 Å². The summed E-state index contributed by atoms with van der Waals surface area (Å²) in [5.74, 6) is -1.04. The van der Waals surface area contributed by atoms with Crippen molar-refractivity contribution in [2.75, 3.05) is 10.6 Å². The molecule has 3 amide bonds. The lowest BCUT2D eigenvalue weighted by Gasteiger charge is -2.30. The van der Waals surface area contributed by atoms with E-state index in [0.717, 1.165) is 24.1 Å². The first-order valence-corrected chi connectivity index (χ1v) is 9.08. The number of primary amides is 2. The molecule has 7 heteroatoms. The molecule has 2 atom stereocenters. The second-order valence-electron chi connectivity index (χ2n) is 7.18. The molecule has 0 saturated heterocycles. The molecular formula is C19H28N4O3. The molecule has 0 aliphatic carbocycles. The van der Waals surface area contributed by atoms with Gasteiger partial charge in [-0.3, -0.25) is 14.4 Å². The Morgan fingerprint density at radius 2 is 1.85 bits per heavy atom. The number of carbonyl (C=O) groups excluding carboxylic acids is 3. The van der Waals surface area contributed by atoms with Gasteiger partial charge in [0.05, 0.1) is 17.3 Å². The summed E-state index contributed by atoms with van der Waals surface area (Å²) in [5, 5.41) is 6.15. The summed E-state index contributed by atoms with van der Waals surface area (Å²) in [6.45, 7) is 3.97. The fourth-order valence-electron chi connectivity index (χ4n) is 3.22. The standard InChI is InChI=1S/C19H28N4O3/c1-11(2)17-19(26)23-15-10-12(8-9-14(15)22-17)13(18(21)25)6-4-3-5-7-16(20)24/h8-11,13,17,22H,3-7H2,1-2H3,(H2,20,24)(H2,21,25)(H,23,26)/t13?,17-/m0/s1. The average Bonchev–Trinajstić information content (AvgIpc) is 2.56. The van der Waals surface area contributed by atoms with Crippen molar-refractivity contribution in [3.63, 3.8) is 0 Å². The van der Waals surface area contributed by atoms with Crippen LogP contribution in [0.2, 0.25) is 0 Å². The summed E-state index contributed by atoms with van der Waals surface area (Å²) in [5.41, 5.74) is 13.0. The third-order valence-electron chi connectivity index (χ3n) is 4.72. The summed E-state index contributed by atoms with van der Waals surface area (Å²) < 4.78 is 0. The minimum Gasteiger partial charge on any atom is -0.372 e. The predicted molar refractivity (Wildman–Crippen MR) is 102 cm³/mol. The van der Waals surface area contributed by atoms with Crippen molar-refractivity contribution in [2.24, 2.45) is 17.4 Å². The minimum atomic E-state index is -0.423. The monoisotopic (exact) mass is 360 g/mol. The van der Waals surface area contributed by atoms with E-state index in [1.165, 1.54) is 0 Å². The van der Waals surface area contributed by atoms with Gasteiger partial charge in [-0.1, -0.05) is 32.8 Å². The topological polar surface area (TPSA) is 127 Å². The molecule has 0 saturated carbocycles. The summed E-state index contributed by atoms with van der Waals surface area (Å²) >= 11 is 0. The van der Waals surface area contributed by atoms with Gasteiger partial charge in [-0.15, -0.1) is 0 Å². The van der Waals surface area contributed by atoms with E-state index in [2.05, 4.69) is 10.6 Å². The van der Waals surface area contributed by atoms with E-state index in [-0.39, 0.29) is 23.8 Å². The fourth-order valence-corrected chi connectivity index (χ4v) is 3.22. The summed E-state index contributed by atoms with van der Waals surface area (Å²) in [7, 11) is 0. The van der Waals surface area contributed by atoms with Crippen LogP contribution < -0.4 is 22.1 Å². The van der Waals surface area contributed by atoms with Crippen molar-refractivity contribution in [1.82, 2.24) is 0 Å². The number of hydrogen-bond acceptors (Lipinski definition) is 4. The highest BCUT2D eigenvalue weighted by atomic mass is 16.2. The second kappa shape index (κ2) is 8.69. The highest BCUT2D eigenvalue weighted by Crippen LogP contribution is 2.33. The number of nitrogens with two attached hydrogens (primary N) is 2. The number of benzene rings is 1. The maximum atomic E-state index is 12.2. The number of unbranched alkanes of at least 4 members (excludes halogenated alkanes) is 2. The Bertz CT molecular complexity index is 687. The highest BCUT2D eigenvalue weighted by Gasteiger charge is 2.29. The van der Waals surface area contributed by atoms with Crippen LogP contribution in [0.4, 0.5) is 11.4 Å². The van der Waals surface area contributed by atoms with E-state index in [1.807, 2.05) is 32.0 Å². The number of carbonyl (C=O) groups is 3. The molecule has 0 radical (unpaired) electrons. The molecule has 7 nitrogen and oxygen atoms in total. The van der Waals surface area contributed by atoms with Crippen LogP contribution in [0, 0.1) is 5.92 Å². The molecular weight excluding hydrogens is 332 g/mol. The fraction of sp³-hybridized carbons (Fsp3) is 0.526. The van der Waals surface area contributed by atoms with Gasteiger partial charge in [0.25, 0.3) is 0 Å². The molecule has 1 aliphatic heterocycles. The Balaban J connectivity index is 2.06. The summed E-state index contributed by atoms with van der Waals surface area (Å²) in [6, 6.07) is 5.29. The Morgan fingerprint density at radius 3 is 2.46 bits per heavy atom. The molecule has 1 aromatic carbocycles. The first-order chi connectivity index (χ1) is 12.3. The molecule has 0 bridgehead atoms. The van der Waals surface area contributed by atoms with Gasteiger partial charge < -0.3 is 22.1 Å². The molecule has 1 heterocycles. The van der Waals surface area contributed by atoms with Crippen molar-refractivity contribution >= 4 is 29.1 Å². The van der Waals surface area contributed by atoms with Gasteiger partial charge in [0.15, 0.2) is 0 Å². The van der Waals surface area contributed by atoms with Gasteiger partial charge in [-0.2, -0.15) is 0 Å². The largest absolute Gasteiger partial charge is 0.372 e. The zero-order valence-corrected chi connectivity index (χ0v) is 15.4. The average molecular weight is 360 g/mol. The molecule has 1 aromatic rings. The van der Waals surface area contributed by atoms with Crippen molar-refractivity contribution in [1.29, 1.82) is 0 Å². The molecule has 0 spiro atoms. The van der Waals surface area contributed by atoms with Crippen molar-refractivity contribution in [3.05, 3.63) is 23.8 Å². The van der Waals surface area contributed by atoms with Crippen molar-refractivity contribution in [3.8, 4) is 0 Å². The van der Waals surface area contributed by atoms with Gasteiger partial charge in [0, 0.05) is 6.42 Å². The quantitative estimate of drug-likeness (QED) is 0.503. The summed E-state index contributed by atoms with van der Waals surface area (Å²) in [4.78, 5) is 34.9. The number of nitrogens with one attached hydrogen (secondary N) is 2. The minimum absolute atomic E-state index is 0.0771. The van der Waals surface area contributed by atoms with E-state index in [4.69, 9.17) is 11.5 Å². The number of amides is 3. The Kier molecular flexibility index (Phi) is 6.60. The van der Waals surface area contributed by atoms with Crippen LogP contribution in [0.1, 0.15) is 57.4 Å². The second-order valence-corrected chi connectivity index (χ2v) is 7.18. The lowest BCUT2D eigenvalue weighted by molar-refractivity contribution is -0.120. The zero-order valence-electron chi connectivity index (χ0n) is 15.4.